The lowest BCUT2D eigenvalue weighted by atomic mass is 10.1. The lowest BCUT2D eigenvalue weighted by Gasteiger charge is -2.43. The van der Waals surface area contributed by atoms with Crippen molar-refractivity contribution in [3.63, 3.8) is 0 Å². The first kappa shape index (κ1) is 12.3. The SMILES string of the molecule is COC(C)CN1CC2CCC(C1)N2C(C)C. The van der Waals surface area contributed by atoms with Crippen molar-refractivity contribution in [2.75, 3.05) is 26.7 Å². The molecular weight excluding hydrogens is 200 g/mol. The highest BCUT2D eigenvalue weighted by atomic mass is 16.5. The van der Waals surface area contributed by atoms with E-state index >= 15 is 0 Å². The van der Waals surface area contributed by atoms with Crippen molar-refractivity contribution in [3.05, 3.63) is 0 Å². The fourth-order valence-electron chi connectivity index (χ4n) is 3.45. The second-order valence-electron chi connectivity index (χ2n) is 5.69. The Balaban J connectivity index is 1.92. The van der Waals surface area contributed by atoms with E-state index in [9.17, 15) is 0 Å². The van der Waals surface area contributed by atoms with Crippen LogP contribution in [0.2, 0.25) is 0 Å². The predicted octanol–water partition coefficient (Wildman–Crippen LogP) is 1.58. The van der Waals surface area contributed by atoms with Crippen LogP contribution in [0.25, 0.3) is 0 Å². The zero-order chi connectivity index (χ0) is 11.7. The van der Waals surface area contributed by atoms with Gasteiger partial charge in [0.15, 0.2) is 0 Å². The molecule has 0 spiro atoms. The van der Waals surface area contributed by atoms with E-state index in [0.717, 1.165) is 18.6 Å². The second kappa shape index (κ2) is 5.03. The molecule has 16 heavy (non-hydrogen) atoms. The summed E-state index contributed by atoms with van der Waals surface area (Å²) in [6, 6.07) is 2.30. The number of hydrogen-bond acceptors (Lipinski definition) is 3. The Morgan fingerprint density at radius 3 is 2.12 bits per heavy atom. The molecule has 0 aromatic heterocycles. The third-order valence-corrected chi connectivity index (χ3v) is 4.13. The predicted molar refractivity (Wildman–Crippen MR) is 66.7 cm³/mol. The molecule has 3 heteroatoms. The van der Waals surface area contributed by atoms with Crippen LogP contribution < -0.4 is 0 Å². The number of methoxy groups -OCH3 is 1. The van der Waals surface area contributed by atoms with Gasteiger partial charge in [0.2, 0.25) is 0 Å². The maximum absolute atomic E-state index is 5.36. The highest BCUT2D eigenvalue weighted by Crippen LogP contribution is 2.31. The van der Waals surface area contributed by atoms with Gasteiger partial charge in [-0.05, 0) is 33.6 Å². The largest absolute Gasteiger partial charge is 0.380 e. The van der Waals surface area contributed by atoms with E-state index in [4.69, 9.17) is 4.74 Å². The number of hydrogen-bond donors (Lipinski definition) is 0. The van der Waals surface area contributed by atoms with Crippen molar-refractivity contribution >= 4 is 0 Å². The van der Waals surface area contributed by atoms with E-state index in [1.807, 2.05) is 7.11 Å². The first-order valence-corrected chi connectivity index (χ1v) is 6.64. The van der Waals surface area contributed by atoms with Gasteiger partial charge in [0.05, 0.1) is 6.10 Å². The zero-order valence-electron chi connectivity index (χ0n) is 11.1. The molecule has 0 radical (unpaired) electrons. The molecule has 3 atom stereocenters. The quantitative estimate of drug-likeness (QED) is 0.724. The van der Waals surface area contributed by atoms with Crippen LogP contribution in [0.4, 0.5) is 0 Å². The van der Waals surface area contributed by atoms with Gasteiger partial charge >= 0.3 is 0 Å². The fourth-order valence-corrected chi connectivity index (χ4v) is 3.45. The molecule has 0 aliphatic carbocycles. The Morgan fingerprint density at radius 2 is 1.69 bits per heavy atom. The summed E-state index contributed by atoms with van der Waals surface area (Å²) in [5, 5.41) is 0. The molecule has 3 nitrogen and oxygen atoms in total. The van der Waals surface area contributed by atoms with E-state index in [1.165, 1.54) is 25.9 Å². The average Bonchev–Trinajstić information content (AvgIpc) is 2.51. The van der Waals surface area contributed by atoms with Crippen LogP contribution in [0.5, 0.6) is 0 Å². The first-order valence-electron chi connectivity index (χ1n) is 6.64. The Morgan fingerprint density at radius 1 is 1.12 bits per heavy atom. The molecule has 0 amide bonds. The molecule has 2 fully saturated rings. The van der Waals surface area contributed by atoms with Crippen molar-refractivity contribution in [1.82, 2.24) is 9.80 Å². The Hall–Kier alpha value is -0.120. The third-order valence-electron chi connectivity index (χ3n) is 4.13. The summed E-state index contributed by atoms with van der Waals surface area (Å²) in [4.78, 5) is 5.32. The molecule has 2 heterocycles. The van der Waals surface area contributed by atoms with Crippen LogP contribution in [0.3, 0.4) is 0 Å². The van der Waals surface area contributed by atoms with Crippen molar-refractivity contribution in [1.29, 1.82) is 0 Å². The minimum absolute atomic E-state index is 0.366. The molecule has 2 rings (SSSR count). The molecular formula is C13H26N2O. The fraction of sp³-hybridized carbons (Fsp3) is 1.00. The lowest BCUT2D eigenvalue weighted by molar-refractivity contribution is 0.0115. The normalized spacial score (nSPS) is 33.6. The highest BCUT2D eigenvalue weighted by molar-refractivity contribution is 4.97. The number of ether oxygens (including phenoxy) is 1. The van der Waals surface area contributed by atoms with E-state index in [1.54, 1.807) is 0 Å². The van der Waals surface area contributed by atoms with Crippen molar-refractivity contribution < 1.29 is 4.74 Å². The highest BCUT2D eigenvalue weighted by Gasteiger charge is 2.40. The van der Waals surface area contributed by atoms with Gasteiger partial charge in [-0.25, -0.2) is 0 Å². The summed E-state index contributed by atoms with van der Waals surface area (Å²) in [5.41, 5.74) is 0. The monoisotopic (exact) mass is 226 g/mol. The van der Waals surface area contributed by atoms with Crippen LogP contribution in [0.15, 0.2) is 0 Å². The van der Waals surface area contributed by atoms with Gasteiger partial charge < -0.3 is 4.74 Å². The van der Waals surface area contributed by atoms with Crippen molar-refractivity contribution in [2.45, 2.75) is 57.8 Å². The van der Waals surface area contributed by atoms with Crippen LogP contribution in [-0.2, 0) is 4.74 Å². The van der Waals surface area contributed by atoms with Crippen LogP contribution in [0, 0.1) is 0 Å². The van der Waals surface area contributed by atoms with Crippen molar-refractivity contribution in [3.8, 4) is 0 Å². The third kappa shape index (κ3) is 2.41. The van der Waals surface area contributed by atoms with Crippen LogP contribution in [-0.4, -0.2) is 60.8 Å². The number of likely N-dealkylation sites (tertiary alicyclic amines) is 1. The van der Waals surface area contributed by atoms with E-state index in [2.05, 4.69) is 30.6 Å². The Bertz CT molecular complexity index is 218. The smallest absolute Gasteiger partial charge is 0.0670 e. The molecule has 2 saturated heterocycles. The molecule has 0 aromatic rings. The van der Waals surface area contributed by atoms with E-state index < -0.39 is 0 Å². The van der Waals surface area contributed by atoms with Crippen LogP contribution in [0.1, 0.15) is 33.6 Å². The first-order chi connectivity index (χ1) is 7.61. The average molecular weight is 226 g/mol. The number of piperazine rings is 1. The summed E-state index contributed by atoms with van der Waals surface area (Å²) in [6.45, 7) is 10.4. The lowest BCUT2D eigenvalue weighted by Crippen LogP contribution is -2.56. The summed E-state index contributed by atoms with van der Waals surface area (Å²) in [7, 11) is 1.81. The van der Waals surface area contributed by atoms with Gasteiger partial charge in [0, 0.05) is 44.9 Å². The maximum atomic E-state index is 5.36. The molecule has 2 aliphatic rings. The minimum Gasteiger partial charge on any atom is -0.380 e. The Kier molecular flexibility index (Phi) is 3.88. The molecule has 2 bridgehead atoms. The molecule has 0 saturated carbocycles. The van der Waals surface area contributed by atoms with Gasteiger partial charge in [0.1, 0.15) is 0 Å². The molecule has 2 aliphatic heterocycles. The minimum atomic E-state index is 0.366. The van der Waals surface area contributed by atoms with Gasteiger partial charge in [-0.15, -0.1) is 0 Å². The summed E-state index contributed by atoms with van der Waals surface area (Å²) in [5.74, 6) is 0. The van der Waals surface area contributed by atoms with Gasteiger partial charge in [-0.3, -0.25) is 9.80 Å². The van der Waals surface area contributed by atoms with E-state index in [0.29, 0.717) is 12.1 Å². The molecule has 0 N–H and O–H groups in total. The molecule has 3 unspecified atom stereocenters. The maximum Gasteiger partial charge on any atom is 0.0670 e. The summed E-state index contributed by atoms with van der Waals surface area (Å²) in [6.07, 6.45) is 3.14. The van der Waals surface area contributed by atoms with Gasteiger partial charge in [0.25, 0.3) is 0 Å². The summed E-state index contributed by atoms with van der Waals surface area (Å²) < 4.78 is 5.36. The second-order valence-corrected chi connectivity index (χ2v) is 5.69. The van der Waals surface area contributed by atoms with Crippen molar-refractivity contribution in [2.24, 2.45) is 0 Å². The zero-order valence-corrected chi connectivity index (χ0v) is 11.1. The summed E-state index contributed by atoms with van der Waals surface area (Å²) >= 11 is 0. The van der Waals surface area contributed by atoms with Gasteiger partial charge in [-0.1, -0.05) is 0 Å². The Labute approximate surface area is 99.7 Å². The molecule has 0 aromatic carbocycles. The van der Waals surface area contributed by atoms with E-state index in [-0.39, 0.29) is 0 Å². The number of fused-ring (bicyclic) bond motifs is 2. The standard InChI is InChI=1S/C13H26N2O/c1-10(2)15-12-5-6-13(15)9-14(8-12)7-11(3)16-4/h10-13H,5-9H2,1-4H3. The van der Waals surface area contributed by atoms with Gasteiger partial charge in [-0.2, -0.15) is 0 Å². The topological polar surface area (TPSA) is 15.7 Å². The molecule has 94 valence electrons. The number of nitrogens with zero attached hydrogens (tertiary/aromatic N) is 2. The van der Waals surface area contributed by atoms with Crippen LogP contribution >= 0.6 is 0 Å². The number of rotatable bonds is 4.